The first-order chi connectivity index (χ1) is 8.16. The van der Waals surface area contributed by atoms with E-state index >= 15 is 0 Å². The van der Waals surface area contributed by atoms with Gasteiger partial charge in [-0.05, 0) is 0 Å². The minimum Gasteiger partial charge on any atom is -0.316 e. The summed E-state index contributed by atoms with van der Waals surface area (Å²) in [6.45, 7) is 0. The topological polar surface area (TPSA) is 63.6 Å². The Hall–Kier alpha value is -1.27. The van der Waals surface area contributed by atoms with Crippen LogP contribution < -0.4 is 5.56 Å². The van der Waals surface area contributed by atoms with Crippen LogP contribution >= 0.6 is 23.4 Å². The molecule has 7 heteroatoms. The third-order valence-electron chi connectivity index (χ3n) is 2.73. The molecule has 0 saturated carbocycles. The van der Waals surface area contributed by atoms with Gasteiger partial charge in [0.05, 0.1) is 11.9 Å². The summed E-state index contributed by atoms with van der Waals surface area (Å²) in [5, 5.41) is 0.512. The maximum absolute atomic E-state index is 11.8. The highest BCUT2D eigenvalue weighted by Gasteiger charge is 2.19. The molecule has 17 heavy (non-hydrogen) atoms. The first-order valence-corrected chi connectivity index (χ1v) is 6.57. The van der Waals surface area contributed by atoms with Crippen LogP contribution in [0.5, 0.6) is 0 Å². The van der Waals surface area contributed by atoms with Crippen LogP contribution in [0.1, 0.15) is 11.3 Å². The summed E-state index contributed by atoms with van der Waals surface area (Å²) in [6.07, 6.45) is 1.54. The molecule has 88 valence electrons. The Labute approximate surface area is 106 Å². The number of aromatic nitrogens is 4. The molecule has 0 aliphatic carbocycles. The second-order valence-corrected chi connectivity index (χ2v) is 5.17. The third kappa shape index (κ3) is 1.68. The Morgan fingerprint density at radius 2 is 2.35 bits per heavy atom. The quantitative estimate of drug-likeness (QED) is 0.853. The van der Waals surface area contributed by atoms with Crippen LogP contribution in [-0.2, 0) is 18.6 Å². The highest BCUT2D eigenvalue weighted by Crippen LogP contribution is 2.27. The standard InChI is InChI=1S/C10H9ClN4OS/c1-15-7(11)2-12-9(15)8-13-6-4-17-3-5(6)10(16)14-8/h2H,3-4H2,1H3,(H,13,14,16). The Morgan fingerprint density at radius 3 is 3.06 bits per heavy atom. The van der Waals surface area contributed by atoms with Gasteiger partial charge in [0.2, 0.25) is 0 Å². The number of H-pyrrole nitrogens is 1. The normalized spacial score (nSPS) is 14.0. The SMILES string of the molecule is Cn1c(Cl)cnc1-c1nc2c(c(=O)[nH]1)CSC2. The number of fused-ring (bicyclic) bond motifs is 1. The van der Waals surface area contributed by atoms with Gasteiger partial charge in [-0.3, -0.25) is 4.79 Å². The molecule has 0 spiro atoms. The fraction of sp³-hybridized carbons (Fsp3) is 0.300. The van der Waals surface area contributed by atoms with Crippen LogP contribution in [0.25, 0.3) is 11.6 Å². The Balaban J connectivity index is 2.20. The van der Waals surface area contributed by atoms with Crippen molar-refractivity contribution in [2.24, 2.45) is 7.05 Å². The highest BCUT2D eigenvalue weighted by molar-refractivity contribution is 7.98. The molecule has 0 unspecified atom stereocenters. The monoisotopic (exact) mass is 268 g/mol. The average molecular weight is 269 g/mol. The fourth-order valence-electron chi connectivity index (χ4n) is 1.78. The molecule has 0 atom stereocenters. The summed E-state index contributed by atoms with van der Waals surface area (Å²) in [5.74, 6) is 2.57. The molecule has 3 heterocycles. The predicted octanol–water partition coefficient (Wildman–Crippen LogP) is 1.57. The number of hydrogen-bond donors (Lipinski definition) is 1. The minimum absolute atomic E-state index is 0.0749. The first-order valence-electron chi connectivity index (χ1n) is 5.04. The van der Waals surface area contributed by atoms with Crippen LogP contribution in [-0.4, -0.2) is 19.5 Å². The van der Waals surface area contributed by atoms with Crippen LogP contribution in [0.4, 0.5) is 0 Å². The molecular weight excluding hydrogens is 260 g/mol. The zero-order chi connectivity index (χ0) is 12.0. The number of halogens is 1. The average Bonchev–Trinajstić information content (AvgIpc) is 2.88. The van der Waals surface area contributed by atoms with Crippen molar-refractivity contribution < 1.29 is 0 Å². The van der Waals surface area contributed by atoms with Gasteiger partial charge in [-0.1, -0.05) is 11.6 Å². The van der Waals surface area contributed by atoms with Crippen molar-refractivity contribution in [1.29, 1.82) is 0 Å². The number of rotatable bonds is 1. The zero-order valence-corrected chi connectivity index (χ0v) is 10.6. The van der Waals surface area contributed by atoms with Crippen molar-refractivity contribution >= 4 is 23.4 Å². The lowest BCUT2D eigenvalue weighted by Gasteiger charge is -2.03. The van der Waals surface area contributed by atoms with Crippen LogP contribution in [0.2, 0.25) is 5.15 Å². The van der Waals surface area contributed by atoms with Gasteiger partial charge in [-0.2, -0.15) is 11.8 Å². The summed E-state index contributed by atoms with van der Waals surface area (Å²) in [6, 6.07) is 0. The van der Waals surface area contributed by atoms with Crippen LogP contribution in [0, 0.1) is 0 Å². The molecule has 0 amide bonds. The number of thioether (sulfide) groups is 1. The second-order valence-electron chi connectivity index (χ2n) is 3.80. The van der Waals surface area contributed by atoms with E-state index in [9.17, 15) is 4.79 Å². The summed E-state index contributed by atoms with van der Waals surface area (Å²) >= 11 is 7.61. The number of nitrogens with one attached hydrogen (secondary N) is 1. The maximum atomic E-state index is 11.8. The molecule has 0 saturated heterocycles. The molecule has 1 aliphatic heterocycles. The molecule has 0 fully saturated rings. The van der Waals surface area contributed by atoms with Gasteiger partial charge in [0.1, 0.15) is 5.15 Å². The lowest BCUT2D eigenvalue weighted by molar-refractivity contribution is 0.895. The molecular formula is C10H9ClN4OS. The number of imidazole rings is 1. The molecule has 2 aromatic heterocycles. The lowest BCUT2D eigenvalue weighted by atomic mass is 10.3. The van der Waals surface area contributed by atoms with Crippen LogP contribution in [0.3, 0.4) is 0 Å². The zero-order valence-electron chi connectivity index (χ0n) is 9.03. The van der Waals surface area contributed by atoms with E-state index in [2.05, 4.69) is 15.0 Å². The van der Waals surface area contributed by atoms with Gasteiger partial charge in [-0.25, -0.2) is 9.97 Å². The van der Waals surface area contributed by atoms with E-state index in [1.165, 1.54) is 0 Å². The molecule has 5 nitrogen and oxygen atoms in total. The van der Waals surface area contributed by atoms with Gasteiger partial charge >= 0.3 is 0 Å². The van der Waals surface area contributed by atoms with Gasteiger partial charge in [0, 0.05) is 24.1 Å². The Morgan fingerprint density at radius 1 is 1.53 bits per heavy atom. The molecule has 0 aromatic carbocycles. The largest absolute Gasteiger partial charge is 0.316 e. The van der Waals surface area contributed by atoms with Gasteiger partial charge in [0.15, 0.2) is 11.6 Å². The van der Waals surface area contributed by atoms with Crippen molar-refractivity contribution in [3.8, 4) is 11.6 Å². The van der Waals surface area contributed by atoms with Crippen LogP contribution in [0.15, 0.2) is 11.0 Å². The van der Waals surface area contributed by atoms with Gasteiger partial charge in [-0.15, -0.1) is 0 Å². The van der Waals surface area contributed by atoms with Crippen molar-refractivity contribution in [2.75, 3.05) is 0 Å². The van der Waals surface area contributed by atoms with Crippen molar-refractivity contribution in [3.05, 3.63) is 33.0 Å². The number of nitrogens with zero attached hydrogens (tertiary/aromatic N) is 3. The van der Waals surface area contributed by atoms with E-state index in [1.54, 1.807) is 29.6 Å². The summed E-state index contributed by atoms with van der Waals surface area (Å²) in [4.78, 5) is 23.2. The van der Waals surface area contributed by atoms with E-state index in [0.717, 1.165) is 22.8 Å². The molecule has 1 aliphatic rings. The smallest absolute Gasteiger partial charge is 0.255 e. The molecule has 0 bridgehead atoms. The summed E-state index contributed by atoms with van der Waals surface area (Å²) in [5.41, 5.74) is 1.56. The Kier molecular flexibility index (Phi) is 2.48. The van der Waals surface area contributed by atoms with E-state index in [-0.39, 0.29) is 5.56 Å². The molecule has 2 aromatic rings. The molecule has 0 radical (unpaired) electrons. The van der Waals surface area contributed by atoms with E-state index in [1.807, 2.05) is 0 Å². The number of aromatic amines is 1. The van der Waals surface area contributed by atoms with Crippen molar-refractivity contribution in [3.63, 3.8) is 0 Å². The van der Waals surface area contributed by atoms with E-state index < -0.39 is 0 Å². The maximum Gasteiger partial charge on any atom is 0.255 e. The molecule has 1 N–H and O–H groups in total. The van der Waals surface area contributed by atoms with E-state index in [4.69, 9.17) is 11.6 Å². The Bertz CT molecular complexity index is 648. The van der Waals surface area contributed by atoms with Gasteiger partial charge < -0.3 is 9.55 Å². The second kappa shape index (κ2) is 3.89. The predicted molar refractivity (Wildman–Crippen MR) is 67.1 cm³/mol. The minimum atomic E-state index is -0.0749. The highest BCUT2D eigenvalue weighted by atomic mass is 35.5. The lowest BCUT2D eigenvalue weighted by Crippen LogP contribution is -2.16. The first kappa shape index (κ1) is 10.9. The number of hydrogen-bond acceptors (Lipinski definition) is 4. The van der Waals surface area contributed by atoms with E-state index in [0.29, 0.717) is 16.8 Å². The third-order valence-corrected chi connectivity index (χ3v) is 4.05. The van der Waals surface area contributed by atoms with Crippen molar-refractivity contribution in [1.82, 2.24) is 19.5 Å². The molecule has 3 rings (SSSR count). The summed E-state index contributed by atoms with van der Waals surface area (Å²) < 4.78 is 1.69. The van der Waals surface area contributed by atoms with Gasteiger partial charge in [0.25, 0.3) is 5.56 Å². The fourth-order valence-corrected chi connectivity index (χ4v) is 2.94. The summed E-state index contributed by atoms with van der Waals surface area (Å²) in [7, 11) is 1.78. The van der Waals surface area contributed by atoms with Crippen molar-refractivity contribution in [2.45, 2.75) is 11.5 Å².